The molecule has 0 spiro atoms. The Hall–Kier alpha value is -3.28. The number of hydrogen-bond acceptors (Lipinski definition) is 6. The minimum atomic E-state index is -0.137. The van der Waals surface area contributed by atoms with Crippen LogP contribution in [0.5, 0.6) is 0 Å². The van der Waals surface area contributed by atoms with Crippen molar-refractivity contribution in [2.24, 2.45) is 15.6 Å². The Morgan fingerprint density at radius 2 is 1.62 bits per heavy atom. The highest BCUT2D eigenvalue weighted by molar-refractivity contribution is 6.11. The zero-order chi connectivity index (χ0) is 22.0. The van der Waals surface area contributed by atoms with Crippen LogP contribution in [0.3, 0.4) is 0 Å². The summed E-state index contributed by atoms with van der Waals surface area (Å²) in [5, 5.41) is 9.54. The van der Waals surface area contributed by atoms with Crippen molar-refractivity contribution in [3.8, 4) is 0 Å². The van der Waals surface area contributed by atoms with E-state index in [0.717, 1.165) is 62.9 Å². The smallest absolute Gasteiger partial charge is 0.225 e. The van der Waals surface area contributed by atoms with Crippen LogP contribution in [0.4, 0.5) is 5.95 Å². The molecule has 1 unspecified atom stereocenters. The van der Waals surface area contributed by atoms with Crippen molar-refractivity contribution >= 4 is 17.5 Å². The third-order valence-corrected chi connectivity index (χ3v) is 6.77. The van der Waals surface area contributed by atoms with E-state index in [1.807, 2.05) is 12.4 Å². The predicted molar refractivity (Wildman–Crippen MR) is 130 cm³/mol. The molecule has 3 aliphatic rings. The minimum Gasteiger partial charge on any atom is -0.354 e. The number of anilines is 1. The van der Waals surface area contributed by atoms with E-state index in [-0.39, 0.29) is 5.41 Å². The third-order valence-electron chi connectivity index (χ3n) is 6.77. The summed E-state index contributed by atoms with van der Waals surface area (Å²) in [5.41, 5.74) is 4.68. The first-order valence-corrected chi connectivity index (χ1v) is 11.5. The molecule has 0 saturated carbocycles. The highest BCUT2D eigenvalue weighted by Gasteiger charge is 2.43. The Bertz CT molecular complexity index is 1080. The molecular weight excluding hydrogens is 396 g/mol. The second kappa shape index (κ2) is 8.69. The second-order valence-electron chi connectivity index (χ2n) is 8.90. The molecule has 6 heteroatoms. The van der Waals surface area contributed by atoms with Gasteiger partial charge in [0.1, 0.15) is 5.84 Å². The van der Waals surface area contributed by atoms with E-state index in [9.17, 15) is 0 Å². The van der Waals surface area contributed by atoms with E-state index < -0.39 is 0 Å². The number of aryl methyl sites for hydroxylation is 1. The van der Waals surface area contributed by atoms with E-state index in [1.54, 1.807) is 0 Å². The zero-order valence-electron chi connectivity index (χ0n) is 18.9. The number of nitrogens with zero attached hydrogens (tertiary/aromatic N) is 6. The highest BCUT2D eigenvalue weighted by Crippen LogP contribution is 2.41. The van der Waals surface area contributed by atoms with E-state index in [2.05, 4.69) is 82.2 Å². The maximum atomic E-state index is 4.81. The van der Waals surface area contributed by atoms with E-state index in [1.165, 1.54) is 16.7 Å². The summed E-state index contributed by atoms with van der Waals surface area (Å²) in [7, 11) is 0. The highest BCUT2D eigenvalue weighted by atomic mass is 15.4. The number of aromatic nitrogens is 2. The topological polar surface area (TPSA) is 57.0 Å². The molecule has 1 saturated heterocycles. The Balaban J connectivity index is 1.35. The van der Waals surface area contributed by atoms with Crippen molar-refractivity contribution in [3.05, 3.63) is 77.7 Å². The first kappa shape index (κ1) is 20.6. The first-order valence-electron chi connectivity index (χ1n) is 11.5. The molecule has 0 amide bonds. The van der Waals surface area contributed by atoms with Crippen molar-refractivity contribution in [2.45, 2.75) is 33.1 Å². The lowest BCUT2D eigenvalue weighted by molar-refractivity contribution is 0.342. The molecule has 0 radical (unpaired) electrons. The fraction of sp³-hybridized carbons (Fsp3) is 0.385. The number of benzene rings is 1. The first-order chi connectivity index (χ1) is 15.7. The van der Waals surface area contributed by atoms with Crippen LogP contribution in [0.2, 0.25) is 0 Å². The van der Waals surface area contributed by atoms with Gasteiger partial charge in [-0.05, 0) is 36.5 Å². The fourth-order valence-electron chi connectivity index (χ4n) is 4.80. The van der Waals surface area contributed by atoms with Gasteiger partial charge in [-0.25, -0.2) is 9.97 Å². The van der Waals surface area contributed by atoms with Gasteiger partial charge in [-0.1, -0.05) is 55.5 Å². The summed E-state index contributed by atoms with van der Waals surface area (Å²) < 4.78 is 0. The Morgan fingerprint density at radius 1 is 0.906 bits per heavy atom. The van der Waals surface area contributed by atoms with Gasteiger partial charge < -0.3 is 9.80 Å². The summed E-state index contributed by atoms with van der Waals surface area (Å²) in [4.78, 5) is 13.8. The van der Waals surface area contributed by atoms with Crippen LogP contribution in [-0.4, -0.2) is 52.6 Å². The molecule has 3 heterocycles. The van der Waals surface area contributed by atoms with Crippen LogP contribution in [0.15, 0.2) is 76.7 Å². The second-order valence-corrected chi connectivity index (χ2v) is 8.90. The van der Waals surface area contributed by atoms with Crippen molar-refractivity contribution < 1.29 is 0 Å². The zero-order valence-corrected chi connectivity index (χ0v) is 18.9. The maximum absolute atomic E-state index is 4.81. The average molecular weight is 427 g/mol. The van der Waals surface area contributed by atoms with E-state index in [0.29, 0.717) is 0 Å². The van der Waals surface area contributed by atoms with Gasteiger partial charge in [-0.15, -0.1) is 5.10 Å². The van der Waals surface area contributed by atoms with Gasteiger partial charge in [0.25, 0.3) is 0 Å². The summed E-state index contributed by atoms with van der Waals surface area (Å²) in [6.07, 6.45) is 13.3. The quantitative estimate of drug-likeness (QED) is 0.740. The van der Waals surface area contributed by atoms with E-state index >= 15 is 0 Å². The molecule has 1 atom stereocenters. The van der Waals surface area contributed by atoms with Crippen LogP contribution >= 0.6 is 0 Å². The third kappa shape index (κ3) is 3.85. The van der Waals surface area contributed by atoms with Crippen LogP contribution in [0.1, 0.15) is 31.4 Å². The van der Waals surface area contributed by atoms with Crippen molar-refractivity contribution in [3.63, 3.8) is 0 Å². The lowest BCUT2D eigenvalue weighted by Crippen LogP contribution is -2.54. The van der Waals surface area contributed by atoms with Crippen molar-refractivity contribution in [1.82, 2.24) is 14.9 Å². The number of piperazine rings is 1. The predicted octanol–water partition coefficient (Wildman–Crippen LogP) is 4.06. The number of allylic oxidation sites excluding steroid dienone is 3. The molecule has 5 rings (SSSR count). The number of fused-ring (bicyclic) bond motifs is 1. The fourth-order valence-corrected chi connectivity index (χ4v) is 4.80. The molecule has 1 aromatic carbocycles. The average Bonchev–Trinajstić information content (AvgIpc) is 2.85. The molecule has 2 aliphatic heterocycles. The summed E-state index contributed by atoms with van der Waals surface area (Å²) >= 11 is 0. The molecule has 1 aromatic heterocycles. The molecule has 0 N–H and O–H groups in total. The molecular formula is C26H30N6. The molecule has 6 nitrogen and oxygen atoms in total. The molecule has 1 fully saturated rings. The van der Waals surface area contributed by atoms with Crippen LogP contribution in [0, 0.1) is 5.41 Å². The van der Waals surface area contributed by atoms with E-state index in [4.69, 9.17) is 10.2 Å². The van der Waals surface area contributed by atoms with Crippen LogP contribution < -0.4 is 4.90 Å². The normalized spacial score (nSPS) is 22.8. The van der Waals surface area contributed by atoms with Crippen LogP contribution in [-0.2, 0) is 12.8 Å². The standard InChI is InChI=1S/C26H30N6/c1-3-20-18-27-25(28-19-20)32-15-13-31(14-16-32)24-26(2)12-8-7-11-22(26)23(29-30-24)17-21-9-5-4-6-10-21/h4-11,18-19H,3,12-17H2,1-2H3. The van der Waals surface area contributed by atoms with Gasteiger partial charge in [0.2, 0.25) is 5.95 Å². The monoisotopic (exact) mass is 426 g/mol. The van der Waals surface area contributed by atoms with Gasteiger partial charge in [0.15, 0.2) is 0 Å². The van der Waals surface area contributed by atoms with Crippen LogP contribution in [0.25, 0.3) is 0 Å². The van der Waals surface area contributed by atoms with Crippen molar-refractivity contribution in [1.29, 1.82) is 0 Å². The van der Waals surface area contributed by atoms with Gasteiger partial charge in [0.05, 0.1) is 11.1 Å². The molecule has 0 bridgehead atoms. The number of rotatable bonds is 4. The number of hydrogen-bond donors (Lipinski definition) is 0. The van der Waals surface area contributed by atoms with Crippen molar-refractivity contribution in [2.75, 3.05) is 31.1 Å². The molecule has 2 aromatic rings. The van der Waals surface area contributed by atoms with Gasteiger partial charge >= 0.3 is 0 Å². The Morgan fingerprint density at radius 3 is 2.34 bits per heavy atom. The molecule has 1 aliphatic carbocycles. The Labute approximate surface area is 190 Å². The summed E-state index contributed by atoms with van der Waals surface area (Å²) in [6.45, 7) is 8.01. The SMILES string of the molecule is CCc1cnc(N2CCN(C3=NN=C(Cc4ccccc4)C4=CC=CCC43C)CC2)nc1. The van der Waals surface area contributed by atoms with Gasteiger partial charge in [-0.2, -0.15) is 5.10 Å². The van der Waals surface area contributed by atoms with Gasteiger partial charge in [-0.3, -0.25) is 0 Å². The largest absolute Gasteiger partial charge is 0.354 e. The minimum absolute atomic E-state index is 0.137. The molecule has 32 heavy (non-hydrogen) atoms. The van der Waals surface area contributed by atoms with Gasteiger partial charge in [0, 0.05) is 45.0 Å². The summed E-state index contributed by atoms with van der Waals surface area (Å²) in [5.74, 6) is 1.91. The lowest BCUT2D eigenvalue weighted by Gasteiger charge is -2.44. The number of amidine groups is 1. The Kier molecular flexibility index (Phi) is 5.60. The lowest BCUT2D eigenvalue weighted by atomic mass is 9.71. The maximum Gasteiger partial charge on any atom is 0.225 e. The molecule has 164 valence electrons. The summed E-state index contributed by atoms with van der Waals surface area (Å²) in [6, 6.07) is 10.5.